The molecule has 1 radical (unpaired) electrons. The van der Waals surface area contributed by atoms with Crippen LogP contribution in [0.15, 0.2) is 29.3 Å². The molecular formula is C19H27N2. The Bertz CT molecular complexity index is 466. The first kappa shape index (κ1) is 14.6. The summed E-state index contributed by atoms with van der Waals surface area (Å²) in [6, 6.07) is 8.28. The lowest BCUT2D eigenvalue weighted by atomic mass is 9.92. The van der Waals surface area contributed by atoms with Crippen LogP contribution in [-0.2, 0) is 0 Å². The largest absolute Gasteiger partial charge is 0.231 e. The molecule has 3 rings (SSSR count). The van der Waals surface area contributed by atoms with Crippen molar-refractivity contribution < 1.29 is 0 Å². The summed E-state index contributed by atoms with van der Waals surface area (Å²) in [6.45, 7) is 0. The van der Waals surface area contributed by atoms with Gasteiger partial charge in [0.05, 0.1) is 11.4 Å². The van der Waals surface area contributed by atoms with Gasteiger partial charge in [0, 0.05) is 5.92 Å². The molecule has 0 spiro atoms. The van der Waals surface area contributed by atoms with Crippen LogP contribution in [0.4, 0.5) is 11.4 Å². The molecule has 21 heavy (non-hydrogen) atoms. The first-order valence-electron chi connectivity index (χ1n) is 8.83. The lowest BCUT2D eigenvalue weighted by Gasteiger charge is -2.17. The van der Waals surface area contributed by atoms with Crippen molar-refractivity contribution in [3.05, 3.63) is 24.3 Å². The second-order valence-electron chi connectivity index (χ2n) is 6.53. The van der Waals surface area contributed by atoms with E-state index in [0.29, 0.717) is 5.92 Å². The van der Waals surface area contributed by atoms with E-state index in [2.05, 4.69) is 24.3 Å². The van der Waals surface area contributed by atoms with Crippen molar-refractivity contribution in [2.75, 3.05) is 0 Å². The zero-order valence-corrected chi connectivity index (χ0v) is 13.1. The van der Waals surface area contributed by atoms with Gasteiger partial charge in [-0.25, -0.2) is 10.3 Å². The second-order valence-corrected chi connectivity index (χ2v) is 6.53. The zero-order chi connectivity index (χ0) is 14.3. The van der Waals surface area contributed by atoms with Gasteiger partial charge >= 0.3 is 0 Å². The van der Waals surface area contributed by atoms with E-state index in [1.54, 1.807) is 0 Å². The molecule has 0 unspecified atom stereocenters. The lowest BCUT2D eigenvalue weighted by molar-refractivity contribution is 0.461. The normalized spacial score (nSPS) is 21.6. The van der Waals surface area contributed by atoms with E-state index in [0.717, 1.165) is 17.2 Å². The fraction of sp³-hybridized carbons (Fsp3) is 0.632. The summed E-state index contributed by atoms with van der Waals surface area (Å²) in [5.41, 5.74) is 2.14. The van der Waals surface area contributed by atoms with Crippen molar-refractivity contribution in [3.8, 4) is 0 Å². The Kier molecular flexibility index (Phi) is 5.31. The zero-order valence-electron chi connectivity index (χ0n) is 13.1. The minimum Gasteiger partial charge on any atom is -0.231 e. The molecule has 1 fully saturated rings. The number of amidine groups is 1. The standard InChI is InChI=1S/C19H27N2/c1-2-4-6-8-12-16(13-9-7-5-3-1)19-20-17-14-10-11-15-18(17)21-19/h10-11,14-16H,1-9,12-13H2. The van der Waals surface area contributed by atoms with Crippen molar-refractivity contribution in [2.45, 2.75) is 70.6 Å². The van der Waals surface area contributed by atoms with E-state index in [-0.39, 0.29) is 0 Å². The predicted molar refractivity (Wildman–Crippen MR) is 89.6 cm³/mol. The van der Waals surface area contributed by atoms with Gasteiger partial charge in [-0.1, -0.05) is 69.9 Å². The molecule has 0 atom stereocenters. The molecule has 0 aromatic heterocycles. The highest BCUT2D eigenvalue weighted by Crippen LogP contribution is 2.34. The molecule has 2 heteroatoms. The summed E-state index contributed by atoms with van der Waals surface area (Å²) in [6.07, 6.45) is 15.1. The summed E-state index contributed by atoms with van der Waals surface area (Å²) < 4.78 is 0. The molecule has 113 valence electrons. The van der Waals surface area contributed by atoms with Gasteiger partial charge in [-0.15, -0.1) is 0 Å². The molecule has 1 saturated carbocycles. The summed E-state index contributed by atoms with van der Waals surface area (Å²) in [5, 5.41) is 4.79. The maximum absolute atomic E-state index is 4.79. The third-order valence-corrected chi connectivity index (χ3v) is 4.82. The van der Waals surface area contributed by atoms with Crippen molar-refractivity contribution in [3.63, 3.8) is 0 Å². The Labute approximate surface area is 129 Å². The summed E-state index contributed by atoms with van der Waals surface area (Å²) >= 11 is 0. The Balaban J connectivity index is 1.62. The van der Waals surface area contributed by atoms with E-state index in [4.69, 9.17) is 10.3 Å². The molecule has 0 saturated heterocycles. The monoisotopic (exact) mass is 283 g/mol. The molecule has 1 heterocycles. The van der Waals surface area contributed by atoms with Crippen LogP contribution < -0.4 is 5.32 Å². The average molecular weight is 283 g/mol. The van der Waals surface area contributed by atoms with Crippen molar-refractivity contribution in [1.82, 2.24) is 5.32 Å². The van der Waals surface area contributed by atoms with E-state index >= 15 is 0 Å². The fourth-order valence-electron chi connectivity index (χ4n) is 3.53. The van der Waals surface area contributed by atoms with Gasteiger partial charge in [0.2, 0.25) is 0 Å². The summed E-state index contributed by atoms with van der Waals surface area (Å²) in [5.74, 6) is 1.69. The maximum Gasteiger partial charge on any atom is 0.132 e. The second kappa shape index (κ2) is 7.63. The van der Waals surface area contributed by atoms with E-state index < -0.39 is 0 Å². The van der Waals surface area contributed by atoms with Crippen molar-refractivity contribution in [1.29, 1.82) is 0 Å². The average Bonchev–Trinajstić information content (AvgIpc) is 2.91. The highest BCUT2D eigenvalue weighted by molar-refractivity contribution is 5.97. The van der Waals surface area contributed by atoms with Crippen LogP contribution in [0, 0.1) is 5.92 Å². The van der Waals surface area contributed by atoms with Crippen LogP contribution in [0.2, 0.25) is 0 Å². The number of rotatable bonds is 1. The van der Waals surface area contributed by atoms with E-state index in [1.807, 2.05) is 0 Å². The molecule has 1 aromatic rings. The minimum atomic E-state index is 0.580. The Morgan fingerprint density at radius 1 is 0.667 bits per heavy atom. The van der Waals surface area contributed by atoms with Crippen LogP contribution in [0.5, 0.6) is 0 Å². The minimum absolute atomic E-state index is 0.580. The van der Waals surface area contributed by atoms with E-state index in [1.165, 1.54) is 70.6 Å². The molecule has 1 aromatic carbocycles. The van der Waals surface area contributed by atoms with E-state index in [9.17, 15) is 0 Å². The molecule has 0 amide bonds. The van der Waals surface area contributed by atoms with Gasteiger partial charge in [0.15, 0.2) is 0 Å². The van der Waals surface area contributed by atoms with Gasteiger partial charge in [-0.05, 0) is 25.0 Å². The first-order valence-corrected chi connectivity index (χ1v) is 8.83. The number of fused-ring (bicyclic) bond motifs is 1. The van der Waals surface area contributed by atoms with Gasteiger partial charge in [-0.3, -0.25) is 0 Å². The van der Waals surface area contributed by atoms with Crippen LogP contribution >= 0.6 is 0 Å². The maximum atomic E-state index is 4.79. The lowest BCUT2D eigenvalue weighted by Crippen LogP contribution is -2.20. The van der Waals surface area contributed by atoms with Crippen molar-refractivity contribution >= 4 is 17.2 Å². The number of hydrogen-bond acceptors (Lipinski definition) is 1. The third kappa shape index (κ3) is 4.09. The molecule has 2 nitrogen and oxygen atoms in total. The summed E-state index contributed by atoms with van der Waals surface area (Å²) in [4.78, 5) is 4.79. The smallest absolute Gasteiger partial charge is 0.132 e. The number of hydrogen-bond donors (Lipinski definition) is 0. The Hall–Kier alpha value is -1.31. The molecule has 1 aliphatic carbocycles. The number of aliphatic imine (C=N–C) groups is 1. The number of benzene rings is 1. The fourth-order valence-corrected chi connectivity index (χ4v) is 3.53. The molecular weight excluding hydrogens is 256 g/mol. The Morgan fingerprint density at radius 3 is 1.76 bits per heavy atom. The quantitative estimate of drug-likeness (QED) is 0.614. The number of para-hydroxylation sites is 2. The highest BCUT2D eigenvalue weighted by atomic mass is 15.1. The topological polar surface area (TPSA) is 26.5 Å². The SMILES string of the molecule is c1ccc2c(c1)[N]C(C1CCCCCCCCCCC1)=N2. The van der Waals surface area contributed by atoms with Gasteiger partial charge in [0.1, 0.15) is 5.84 Å². The van der Waals surface area contributed by atoms with Gasteiger partial charge < -0.3 is 0 Å². The third-order valence-electron chi connectivity index (χ3n) is 4.82. The van der Waals surface area contributed by atoms with Gasteiger partial charge in [0.25, 0.3) is 0 Å². The molecule has 0 N–H and O–H groups in total. The Morgan fingerprint density at radius 2 is 1.19 bits per heavy atom. The molecule has 1 aliphatic heterocycles. The highest BCUT2D eigenvalue weighted by Gasteiger charge is 2.23. The first-order chi connectivity index (χ1) is 10.4. The molecule has 2 aliphatic rings. The van der Waals surface area contributed by atoms with Crippen LogP contribution in [0.1, 0.15) is 70.6 Å². The molecule has 0 bridgehead atoms. The van der Waals surface area contributed by atoms with Crippen LogP contribution in [0.3, 0.4) is 0 Å². The predicted octanol–water partition coefficient (Wildman–Crippen LogP) is 5.89. The van der Waals surface area contributed by atoms with Crippen molar-refractivity contribution in [2.24, 2.45) is 10.9 Å². The number of nitrogens with zero attached hydrogens (tertiary/aromatic N) is 2. The van der Waals surface area contributed by atoms with Crippen LogP contribution in [0.25, 0.3) is 0 Å². The van der Waals surface area contributed by atoms with Crippen LogP contribution in [-0.4, -0.2) is 5.84 Å². The summed E-state index contributed by atoms with van der Waals surface area (Å²) in [7, 11) is 0. The van der Waals surface area contributed by atoms with Gasteiger partial charge in [-0.2, -0.15) is 0 Å².